The van der Waals surface area contributed by atoms with Gasteiger partial charge in [0.1, 0.15) is 24.4 Å². The van der Waals surface area contributed by atoms with Crippen LogP contribution >= 0.6 is 0 Å². The first kappa shape index (κ1) is 18.7. The van der Waals surface area contributed by atoms with Crippen molar-refractivity contribution < 1.29 is 30.3 Å². The summed E-state index contributed by atoms with van der Waals surface area (Å²) < 4.78 is 0. The zero-order valence-corrected chi connectivity index (χ0v) is 10.9. The van der Waals surface area contributed by atoms with E-state index >= 15 is 0 Å². The standard InChI is InChI=1S/C7H9N.C6H12O6/c8-6-7-4-2-1-3-5-7;7-1-3(9)5(11)6(12)4(10)2-8/h1-5H,6,8H2;1,3-6,8-12H,2H2. The van der Waals surface area contributed by atoms with Crippen LogP contribution in [0.15, 0.2) is 30.3 Å². The molecule has 0 saturated heterocycles. The van der Waals surface area contributed by atoms with E-state index in [4.69, 9.17) is 31.3 Å². The van der Waals surface area contributed by atoms with Crippen LogP contribution in [0, 0.1) is 0 Å². The third-order valence-electron chi connectivity index (χ3n) is 2.50. The second kappa shape index (κ2) is 10.4. The molecule has 4 unspecified atom stereocenters. The van der Waals surface area contributed by atoms with E-state index in [0.717, 1.165) is 0 Å². The molecular formula is C13H21NO6. The highest BCUT2D eigenvalue weighted by molar-refractivity contribution is 5.56. The highest BCUT2D eigenvalue weighted by Crippen LogP contribution is 2.02. The van der Waals surface area contributed by atoms with Crippen molar-refractivity contribution >= 4 is 6.29 Å². The van der Waals surface area contributed by atoms with Crippen LogP contribution in [0.3, 0.4) is 0 Å². The van der Waals surface area contributed by atoms with Gasteiger partial charge >= 0.3 is 0 Å². The number of aliphatic hydroxyl groups excluding tert-OH is 5. The molecule has 1 aromatic rings. The Balaban J connectivity index is 0.000000388. The summed E-state index contributed by atoms with van der Waals surface area (Å²) in [5, 5.41) is 43.5. The van der Waals surface area contributed by atoms with Crippen LogP contribution < -0.4 is 5.73 Å². The summed E-state index contributed by atoms with van der Waals surface area (Å²) in [6, 6.07) is 9.99. The van der Waals surface area contributed by atoms with Crippen molar-refractivity contribution in [3.05, 3.63) is 35.9 Å². The van der Waals surface area contributed by atoms with Crippen molar-refractivity contribution in [1.82, 2.24) is 0 Å². The SMILES string of the molecule is NCc1ccccc1.O=CC(O)C(O)C(O)C(O)CO. The summed E-state index contributed by atoms with van der Waals surface area (Å²) in [6.45, 7) is -0.120. The fraction of sp³-hybridized carbons (Fsp3) is 0.462. The Hall–Kier alpha value is -1.35. The minimum Gasteiger partial charge on any atom is -0.394 e. The zero-order chi connectivity index (χ0) is 15.5. The zero-order valence-electron chi connectivity index (χ0n) is 10.9. The van der Waals surface area contributed by atoms with Gasteiger partial charge < -0.3 is 36.1 Å². The predicted octanol–water partition coefficient (Wildman–Crippen LogP) is -2.23. The van der Waals surface area contributed by atoms with E-state index in [2.05, 4.69) is 0 Å². The number of hydrogen-bond acceptors (Lipinski definition) is 7. The fourth-order valence-corrected chi connectivity index (χ4v) is 1.23. The molecule has 0 spiro atoms. The third-order valence-corrected chi connectivity index (χ3v) is 2.50. The molecule has 7 heteroatoms. The van der Waals surface area contributed by atoms with Gasteiger partial charge in [-0.15, -0.1) is 0 Å². The lowest BCUT2D eigenvalue weighted by atomic mass is 10.0. The summed E-state index contributed by atoms with van der Waals surface area (Å²) in [5.74, 6) is 0. The topological polar surface area (TPSA) is 144 Å². The summed E-state index contributed by atoms with van der Waals surface area (Å²) in [6.07, 6.45) is -6.84. The first-order chi connectivity index (χ1) is 9.47. The van der Waals surface area contributed by atoms with Crippen LogP contribution in [0.25, 0.3) is 0 Å². The Morgan fingerprint density at radius 1 is 1.05 bits per heavy atom. The van der Waals surface area contributed by atoms with Gasteiger partial charge in [-0.25, -0.2) is 0 Å². The maximum Gasteiger partial charge on any atom is 0.151 e. The molecule has 4 atom stereocenters. The van der Waals surface area contributed by atoms with Crippen LogP contribution in [-0.4, -0.2) is 62.8 Å². The molecule has 0 bridgehead atoms. The van der Waals surface area contributed by atoms with E-state index in [1.807, 2.05) is 30.3 Å². The molecule has 1 rings (SSSR count). The van der Waals surface area contributed by atoms with Crippen molar-refractivity contribution in [2.24, 2.45) is 5.73 Å². The summed E-state index contributed by atoms with van der Waals surface area (Å²) in [4.78, 5) is 9.90. The van der Waals surface area contributed by atoms with Crippen LogP contribution in [0.1, 0.15) is 5.56 Å². The number of aliphatic hydroxyl groups is 5. The summed E-state index contributed by atoms with van der Waals surface area (Å²) in [7, 11) is 0. The fourth-order valence-electron chi connectivity index (χ4n) is 1.23. The molecule has 7 N–H and O–H groups in total. The van der Waals surface area contributed by atoms with Crippen molar-refractivity contribution in [3.8, 4) is 0 Å². The van der Waals surface area contributed by atoms with E-state index in [1.165, 1.54) is 5.56 Å². The monoisotopic (exact) mass is 287 g/mol. The average Bonchev–Trinajstić information content (AvgIpc) is 2.53. The maximum atomic E-state index is 9.90. The molecule has 0 aliphatic heterocycles. The molecule has 0 fully saturated rings. The Labute approximate surface area is 116 Å². The normalized spacial score (nSPS) is 16.3. The van der Waals surface area contributed by atoms with Gasteiger partial charge in [0.2, 0.25) is 0 Å². The summed E-state index contributed by atoms with van der Waals surface area (Å²) >= 11 is 0. The number of hydrogen-bond donors (Lipinski definition) is 6. The predicted molar refractivity (Wildman–Crippen MR) is 71.5 cm³/mol. The first-order valence-corrected chi connectivity index (χ1v) is 6.00. The smallest absolute Gasteiger partial charge is 0.151 e. The minimum atomic E-state index is -1.79. The van der Waals surface area contributed by atoms with Crippen molar-refractivity contribution in [2.45, 2.75) is 31.0 Å². The highest BCUT2D eigenvalue weighted by atomic mass is 16.4. The number of aldehydes is 1. The molecule has 0 heterocycles. The van der Waals surface area contributed by atoms with Gasteiger partial charge in [0, 0.05) is 6.54 Å². The van der Waals surface area contributed by atoms with Gasteiger partial charge in [-0.05, 0) is 5.56 Å². The van der Waals surface area contributed by atoms with Crippen LogP contribution in [-0.2, 0) is 11.3 Å². The van der Waals surface area contributed by atoms with Crippen molar-refractivity contribution in [1.29, 1.82) is 0 Å². The molecule has 0 aliphatic rings. The second-order valence-corrected chi connectivity index (χ2v) is 4.05. The van der Waals surface area contributed by atoms with Crippen molar-refractivity contribution in [2.75, 3.05) is 6.61 Å². The van der Waals surface area contributed by atoms with Gasteiger partial charge in [0.25, 0.3) is 0 Å². The molecule has 1 aromatic carbocycles. The molecule has 7 nitrogen and oxygen atoms in total. The second-order valence-electron chi connectivity index (χ2n) is 4.05. The summed E-state index contributed by atoms with van der Waals surface area (Å²) in [5.41, 5.74) is 6.54. The molecule has 0 saturated carbocycles. The van der Waals surface area contributed by atoms with Crippen molar-refractivity contribution in [3.63, 3.8) is 0 Å². The number of nitrogens with two attached hydrogens (primary N) is 1. The minimum absolute atomic E-state index is 0.0258. The van der Waals surface area contributed by atoms with Crippen LogP contribution in [0.4, 0.5) is 0 Å². The first-order valence-electron chi connectivity index (χ1n) is 6.00. The largest absolute Gasteiger partial charge is 0.394 e. The number of benzene rings is 1. The lowest BCUT2D eigenvalue weighted by molar-refractivity contribution is -0.136. The van der Waals surface area contributed by atoms with E-state index in [9.17, 15) is 4.79 Å². The molecule has 0 radical (unpaired) electrons. The van der Waals surface area contributed by atoms with Gasteiger partial charge in [-0.3, -0.25) is 0 Å². The van der Waals surface area contributed by atoms with E-state index < -0.39 is 31.0 Å². The molecule has 0 amide bonds. The third kappa shape index (κ3) is 6.71. The maximum absolute atomic E-state index is 9.90. The molecule has 0 aromatic heterocycles. The van der Waals surface area contributed by atoms with Gasteiger partial charge in [-0.1, -0.05) is 30.3 Å². The van der Waals surface area contributed by atoms with E-state index in [-0.39, 0.29) is 6.29 Å². The van der Waals surface area contributed by atoms with E-state index in [0.29, 0.717) is 6.54 Å². The number of carbonyl (C=O) groups is 1. The highest BCUT2D eigenvalue weighted by Gasteiger charge is 2.29. The molecular weight excluding hydrogens is 266 g/mol. The Bertz CT molecular complexity index is 361. The quantitative estimate of drug-likeness (QED) is 0.325. The number of rotatable bonds is 6. The van der Waals surface area contributed by atoms with Gasteiger partial charge in [0.15, 0.2) is 6.29 Å². The molecule has 114 valence electrons. The van der Waals surface area contributed by atoms with Gasteiger partial charge in [0.05, 0.1) is 6.61 Å². The number of carbonyl (C=O) groups excluding carboxylic acids is 1. The lowest BCUT2D eigenvalue weighted by Crippen LogP contribution is -2.46. The Morgan fingerprint density at radius 3 is 1.95 bits per heavy atom. The Kier molecular flexibility index (Phi) is 9.73. The lowest BCUT2D eigenvalue weighted by Gasteiger charge is -2.22. The Morgan fingerprint density at radius 2 is 1.60 bits per heavy atom. The van der Waals surface area contributed by atoms with E-state index in [1.54, 1.807) is 0 Å². The molecule has 20 heavy (non-hydrogen) atoms. The average molecular weight is 287 g/mol. The molecule has 0 aliphatic carbocycles. The van der Waals surface area contributed by atoms with Gasteiger partial charge in [-0.2, -0.15) is 0 Å². The van der Waals surface area contributed by atoms with Crippen LogP contribution in [0.2, 0.25) is 0 Å². The van der Waals surface area contributed by atoms with Crippen LogP contribution in [0.5, 0.6) is 0 Å².